The van der Waals surface area contributed by atoms with E-state index in [4.69, 9.17) is 9.05 Å². The van der Waals surface area contributed by atoms with Gasteiger partial charge in [-0.3, -0.25) is 9.46 Å². The molecule has 0 aliphatic carbocycles. The van der Waals surface area contributed by atoms with E-state index < -0.39 is 7.60 Å². The maximum atomic E-state index is 12.4. The zero-order valence-corrected chi connectivity index (χ0v) is 12.7. The van der Waals surface area contributed by atoms with Gasteiger partial charge in [-0.25, -0.2) is 4.79 Å². The van der Waals surface area contributed by atoms with E-state index in [2.05, 4.69) is 4.74 Å². The van der Waals surface area contributed by atoms with Crippen LogP contribution in [0.15, 0.2) is 0 Å². The molecule has 1 amide bonds. The van der Waals surface area contributed by atoms with Crippen LogP contribution >= 0.6 is 7.60 Å². The number of hydrogen-bond donors (Lipinski definition) is 0. The van der Waals surface area contributed by atoms with Crippen molar-refractivity contribution in [2.75, 3.05) is 52.8 Å². The summed E-state index contributed by atoms with van der Waals surface area (Å²) < 4.78 is 27.5. The first-order valence-corrected chi connectivity index (χ1v) is 8.20. The lowest BCUT2D eigenvalue weighted by molar-refractivity contribution is 0.0928. The van der Waals surface area contributed by atoms with Crippen molar-refractivity contribution in [3.63, 3.8) is 0 Å². The van der Waals surface area contributed by atoms with Gasteiger partial charge in [0.1, 0.15) is 6.29 Å². The number of nitrogens with zero attached hydrogens (tertiary/aromatic N) is 2. The lowest BCUT2D eigenvalue weighted by atomic mass is 10.3. The second-order valence-corrected chi connectivity index (χ2v) is 6.18. The van der Waals surface area contributed by atoms with Crippen LogP contribution in [0.5, 0.6) is 0 Å². The van der Waals surface area contributed by atoms with Crippen LogP contribution in [-0.2, 0) is 18.3 Å². The van der Waals surface area contributed by atoms with E-state index >= 15 is 0 Å². The predicted octanol–water partition coefficient (Wildman–Crippen LogP) is 1.59. The van der Waals surface area contributed by atoms with Gasteiger partial charge in [-0.15, -0.1) is 0 Å². The minimum atomic E-state index is -3.05. The van der Waals surface area contributed by atoms with Gasteiger partial charge < -0.3 is 18.7 Å². The standard InChI is InChI=1S/C11H23N2O5P/c1-4-17-19(15,18-5-2)10-12-6-8-13(9-7-12)11(14)16-3/h4-10H2,1-3H3. The maximum Gasteiger partial charge on any atom is 0.409 e. The molecule has 0 radical (unpaired) electrons. The molecule has 0 aromatic heterocycles. The Bertz CT molecular complexity index is 321. The van der Waals surface area contributed by atoms with E-state index in [-0.39, 0.29) is 12.4 Å². The molecule has 112 valence electrons. The van der Waals surface area contributed by atoms with Gasteiger partial charge in [-0.05, 0) is 13.8 Å². The lowest BCUT2D eigenvalue weighted by Gasteiger charge is -2.34. The van der Waals surface area contributed by atoms with Crippen LogP contribution in [0.25, 0.3) is 0 Å². The zero-order chi connectivity index (χ0) is 14.3. The van der Waals surface area contributed by atoms with Crippen molar-refractivity contribution < 1.29 is 23.1 Å². The van der Waals surface area contributed by atoms with Gasteiger partial charge in [0.2, 0.25) is 0 Å². The fourth-order valence-electron chi connectivity index (χ4n) is 1.96. The Morgan fingerprint density at radius 3 is 2.05 bits per heavy atom. The van der Waals surface area contributed by atoms with Crippen molar-refractivity contribution in [1.29, 1.82) is 0 Å². The Kier molecular flexibility index (Phi) is 6.79. The summed E-state index contributed by atoms with van der Waals surface area (Å²) in [4.78, 5) is 15.0. The largest absolute Gasteiger partial charge is 0.453 e. The summed E-state index contributed by atoms with van der Waals surface area (Å²) in [5, 5.41) is 0. The van der Waals surface area contributed by atoms with Crippen LogP contribution in [-0.4, -0.2) is 68.7 Å². The molecule has 1 saturated heterocycles. The topological polar surface area (TPSA) is 68.3 Å². The second-order valence-electron chi connectivity index (χ2n) is 4.16. The molecule has 1 aliphatic rings. The summed E-state index contributed by atoms with van der Waals surface area (Å²) in [5.41, 5.74) is 0. The quantitative estimate of drug-likeness (QED) is 0.693. The van der Waals surface area contributed by atoms with Gasteiger partial charge in [0, 0.05) is 26.2 Å². The number of hydrogen-bond acceptors (Lipinski definition) is 6. The first kappa shape index (κ1) is 16.4. The van der Waals surface area contributed by atoms with Gasteiger partial charge in [0.15, 0.2) is 0 Å². The van der Waals surface area contributed by atoms with Crippen LogP contribution in [0.2, 0.25) is 0 Å². The van der Waals surface area contributed by atoms with Gasteiger partial charge in [0.25, 0.3) is 0 Å². The van der Waals surface area contributed by atoms with Crippen molar-refractivity contribution in [2.24, 2.45) is 0 Å². The minimum absolute atomic E-state index is 0.268. The third-order valence-corrected chi connectivity index (χ3v) is 4.88. The number of methoxy groups -OCH3 is 1. The summed E-state index contributed by atoms with van der Waals surface area (Å²) in [6, 6.07) is 0. The smallest absolute Gasteiger partial charge is 0.409 e. The molecule has 19 heavy (non-hydrogen) atoms. The summed E-state index contributed by atoms with van der Waals surface area (Å²) in [7, 11) is -1.68. The predicted molar refractivity (Wildman–Crippen MR) is 71.3 cm³/mol. The lowest BCUT2D eigenvalue weighted by Crippen LogP contribution is -2.48. The molecular weight excluding hydrogens is 271 g/mol. The van der Waals surface area contributed by atoms with Crippen LogP contribution in [0.4, 0.5) is 4.79 Å². The first-order valence-electron chi connectivity index (χ1n) is 6.48. The molecule has 0 atom stereocenters. The first-order chi connectivity index (χ1) is 9.04. The van der Waals surface area contributed by atoms with Crippen LogP contribution in [0.1, 0.15) is 13.8 Å². The fourth-order valence-corrected chi connectivity index (χ4v) is 3.76. The molecule has 0 unspecified atom stereocenters. The molecule has 8 heteroatoms. The molecule has 0 N–H and O–H groups in total. The van der Waals surface area contributed by atoms with E-state index in [0.717, 1.165) is 0 Å². The van der Waals surface area contributed by atoms with E-state index in [0.29, 0.717) is 39.4 Å². The number of ether oxygens (including phenoxy) is 1. The highest BCUT2D eigenvalue weighted by molar-refractivity contribution is 7.53. The highest BCUT2D eigenvalue weighted by Crippen LogP contribution is 2.48. The zero-order valence-electron chi connectivity index (χ0n) is 11.8. The van der Waals surface area contributed by atoms with Gasteiger partial charge in [-0.2, -0.15) is 0 Å². The Hall–Kier alpha value is -0.620. The van der Waals surface area contributed by atoms with Gasteiger partial charge in [-0.1, -0.05) is 0 Å². The average molecular weight is 294 g/mol. The third kappa shape index (κ3) is 5.10. The molecule has 1 rings (SSSR count). The molecule has 0 bridgehead atoms. The third-order valence-electron chi connectivity index (χ3n) is 2.83. The molecule has 0 saturated carbocycles. The molecule has 1 aliphatic heterocycles. The van der Waals surface area contributed by atoms with Gasteiger partial charge >= 0.3 is 13.7 Å². The fraction of sp³-hybridized carbons (Fsp3) is 0.909. The van der Waals surface area contributed by atoms with Crippen molar-refractivity contribution in [2.45, 2.75) is 13.8 Å². The SMILES string of the molecule is CCOP(=O)(CN1CCN(C(=O)OC)CC1)OCC. The maximum absolute atomic E-state index is 12.4. The Balaban J connectivity index is 2.46. The number of piperazine rings is 1. The van der Waals surface area contributed by atoms with Crippen molar-refractivity contribution in [3.8, 4) is 0 Å². The van der Waals surface area contributed by atoms with Crippen molar-refractivity contribution in [3.05, 3.63) is 0 Å². The summed E-state index contributed by atoms with van der Waals surface area (Å²) in [5.74, 6) is 0. The molecule has 0 aromatic rings. The van der Waals surface area contributed by atoms with E-state index in [1.54, 1.807) is 18.7 Å². The van der Waals surface area contributed by atoms with Crippen LogP contribution < -0.4 is 0 Å². The van der Waals surface area contributed by atoms with Crippen molar-refractivity contribution in [1.82, 2.24) is 9.80 Å². The number of rotatable bonds is 6. The summed E-state index contributed by atoms with van der Waals surface area (Å²) >= 11 is 0. The Morgan fingerprint density at radius 1 is 1.11 bits per heavy atom. The molecule has 0 spiro atoms. The van der Waals surface area contributed by atoms with Crippen LogP contribution in [0.3, 0.4) is 0 Å². The average Bonchev–Trinajstić information content (AvgIpc) is 2.39. The molecule has 1 heterocycles. The summed E-state index contributed by atoms with van der Waals surface area (Å²) in [6.45, 7) is 6.70. The minimum Gasteiger partial charge on any atom is -0.453 e. The van der Waals surface area contributed by atoms with Gasteiger partial charge in [0.05, 0.1) is 20.3 Å². The Morgan fingerprint density at radius 2 is 1.63 bits per heavy atom. The second kappa shape index (κ2) is 7.85. The highest BCUT2D eigenvalue weighted by Gasteiger charge is 2.30. The number of carbonyl (C=O) groups is 1. The van der Waals surface area contributed by atoms with E-state index in [1.165, 1.54) is 7.11 Å². The van der Waals surface area contributed by atoms with E-state index in [9.17, 15) is 9.36 Å². The monoisotopic (exact) mass is 294 g/mol. The van der Waals surface area contributed by atoms with E-state index in [1.807, 2.05) is 4.90 Å². The van der Waals surface area contributed by atoms with Crippen molar-refractivity contribution >= 4 is 13.7 Å². The van der Waals surface area contributed by atoms with Crippen LogP contribution in [0, 0.1) is 0 Å². The molecule has 7 nitrogen and oxygen atoms in total. The molecule has 1 fully saturated rings. The molecule has 0 aromatic carbocycles. The highest BCUT2D eigenvalue weighted by atomic mass is 31.2. The Labute approximate surface area is 114 Å². The molecular formula is C11H23N2O5P. The number of carbonyl (C=O) groups excluding carboxylic acids is 1. The summed E-state index contributed by atoms with van der Waals surface area (Å²) in [6.07, 6.45) is -0.0543. The normalized spacial score (nSPS) is 17.5. The number of amides is 1.